The van der Waals surface area contributed by atoms with Gasteiger partial charge in [0.25, 0.3) is 10.0 Å². The topological polar surface area (TPSA) is 70.2 Å². The van der Waals surface area contributed by atoms with Gasteiger partial charge in [-0.15, -0.1) is 0 Å². The molecule has 0 aliphatic heterocycles. The minimum Gasteiger partial charge on any atom is -0.312 e. The van der Waals surface area contributed by atoms with E-state index < -0.39 is 15.6 Å². The number of aromatic amines is 1. The molecule has 0 aliphatic rings. The summed E-state index contributed by atoms with van der Waals surface area (Å²) in [5.74, 6) is 0. The van der Waals surface area contributed by atoms with Crippen LogP contribution >= 0.6 is 0 Å². The zero-order valence-corrected chi connectivity index (χ0v) is 11.0. The maximum atomic E-state index is 12.2. The number of hydrogen-bond donors (Lipinski definition) is 1. The monoisotopic (exact) mass is 258 g/mol. The van der Waals surface area contributed by atoms with E-state index in [1.807, 2.05) is 13.8 Å². The zero-order valence-electron chi connectivity index (χ0n) is 10.1. The Morgan fingerprint density at radius 1 is 1.18 bits per heavy atom. The van der Waals surface area contributed by atoms with Gasteiger partial charge in [0, 0.05) is 19.2 Å². The fraction of sp³-hybridized carbons (Fsp3) is 0.545. The van der Waals surface area contributed by atoms with Gasteiger partial charge in [0.1, 0.15) is 0 Å². The molecule has 0 spiro atoms. The van der Waals surface area contributed by atoms with E-state index in [1.54, 1.807) is 0 Å². The second-order valence-electron chi connectivity index (χ2n) is 3.78. The molecule has 0 fully saturated rings. The number of aromatic nitrogens is 1. The second-order valence-corrected chi connectivity index (χ2v) is 5.69. The summed E-state index contributed by atoms with van der Waals surface area (Å²) in [6, 6.07) is 4.15. The van der Waals surface area contributed by atoms with Gasteiger partial charge in [0.15, 0.2) is 5.03 Å². The third kappa shape index (κ3) is 3.41. The highest BCUT2D eigenvalue weighted by Gasteiger charge is 2.23. The lowest BCUT2D eigenvalue weighted by atomic mass is 10.4. The van der Waals surface area contributed by atoms with E-state index in [1.165, 1.54) is 22.5 Å². The van der Waals surface area contributed by atoms with Crippen molar-refractivity contribution in [2.24, 2.45) is 0 Å². The van der Waals surface area contributed by atoms with Crippen molar-refractivity contribution in [3.05, 3.63) is 28.6 Å². The molecule has 0 atom stereocenters. The van der Waals surface area contributed by atoms with Gasteiger partial charge in [0.05, 0.1) is 0 Å². The van der Waals surface area contributed by atoms with Gasteiger partial charge in [-0.05, 0) is 18.9 Å². The lowest BCUT2D eigenvalue weighted by Crippen LogP contribution is -2.33. The van der Waals surface area contributed by atoms with Crippen LogP contribution in [0.3, 0.4) is 0 Å². The number of hydrogen-bond acceptors (Lipinski definition) is 3. The molecule has 0 saturated heterocycles. The first kappa shape index (κ1) is 13.9. The molecule has 0 bridgehead atoms. The number of nitrogens with one attached hydrogen (secondary N) is 1. The molecule has 0 aromatic carbocycles. The molecule has 96 valence electrons. The van der Waals surface area contributed by atoms with Crippen LogP contribution in [0.4, 0.5) is 0 Å². The summed E-state index contributed by atoms with van der Waals surface area (Å²) < 4.78 is 25.8. The van der Waals surface area contributed by atoms with Gasteiger partial charge in [0.2, 0.25) is 5.56 Å². The summed E-state index contributed by atoms with van der Waals surface area (Å²) in [6.45, 7) is 4.78. The first-order valence-electron chi connectivity index (χ1n) is 5.71. The van der Waals surface area contributed by atoms with E-state index in [0.29, 0.717) is 13.1 Å². The molecule has 1 aromatic heterocycles. The van der Waals surface area contributed by atoms with Crippen LogP contribution in [0, 0.1) is 0 Å². The van der Waals surface area contributed by atoms with E-state index in [-0.39, 0.29) is 5.03 Å². The number of nitrogens with zero attached hydrogens (tertiary/aromatic N) is 1. The standard InChI is InChI=1S/C11H18N2O3S/c1-3-8-13(9-4-2)17(15,16)11-7-5-6-10(14)12-11/h5-7H,3-4,8-9H2,1-2H3,(H,12,14). The Hall–Kier alpha value is -1.14. The Kier molecular flexibility index (Phi) is 4.89. The molecule has 0 saturated carbocycles. The average Bonchev–Trinajstić information content (AvgIpc) is 2.29. The molecule has 5 nitrogen and oxygen atoms in total. The van der Waals surface area contributed by atoms with Crippen molar-refractivity contribution >= 4 is 10.0 Å². The highest BCUT2D eigenvalue weighted by Crippen LogP contribution is 2.12. The molecule has 1 heterocycles. The fourth-order valence-corrected chi connectivity index (χ4v) is 3.17. The molecular weight excluding hydrogens is 240 g/mol. The number of pyridine rings is 1. The average molecular weight is 258 g/mol. The van der Waals surface area contributed by atoms with Gasteiger partial charge in [-0.3, -0.25) is 4.79 Å². The van der Waals surface area contributed by atoms with Crippen LogP contribution in [-0.2, 0) is 10.0 Å². The lowest BCUT2D eigenvalue weighted by Gasteiger charge is -2.20. The normalized spacial score (nSPS) is 11.9. The SMILES string of the molecule is CCCN(CCC)S(=O)(=O)c1cccc(=O)[nH]1. The maximum absolute atomic E-state index is 12.2. The summed E-state index contributed by atoms with van der Waals surface area (Å²) >= 11 is 0. The third-order valence-electron chi connectivity index (χ3n) is 2.31. The minimum absolute atomic E-state index is 0.0353. The van der Waals surface area contributed by atoms with Crippen molar-refractivity contribution in [2.75, 3.05) is 13.1 Å². The van der Waals surface area contributed by atoms with E-state index in [4.69, 9.17) is 0 Å². The van der Waals surface area contributed by atoms with Crippen LogP contribution in [0.15, 0.2) is 28.0 Å². The summed E-state index contributed by atoms with van der Waals surface area (Å²) in [5.41, 5.74) is -0.404. The summed E-state index contributed by atoms with van der Waals surface area (Å²) in [5, 5.41) is -0.0353. The molecule has 0 aliphatic carbocycles. The van der Waals surface area contributed by atoms with E-state index in [0.717, 1.165) is 12.8 Å². The van der Waals surface area contributed by atoms with Crippen molar-refractivity contribution in [3.8, 4) is 0 Å². The first-order chi connectivity index (χ1) is 8.02. The molecule has 0 radical (unpaired) electrons. The van der Waals surface area contributed by atoms with E-state index in [9.17, 15) is 13.2 Å². The quantitative estimate of drug-likeness (QED) is 0.833. The van der Waals surface area contributed by atoms with Crippen LogP contribution in [0.2, 0.25) is 0 Å². The third-order valence-corrected chi connectivity index (χ3v) is 4.14. The zero-order chi connectivity index (χ0) is 12.9. The van der Waals surface area contributed by atoms with Crippen LogP contribution < -0.4 is 5.56 Å². The number of sulfonamides is 1. The number of rotatable bonds is 6. The van der Waals surface area contributed by atoms with Gasteiger partial charge >= 0.3 is 0 Å². The van der Waals surface area contributed by atoms with Gasteiger partial charge < -0.3 is 4.98 Å². The summed E-state index contributed by atoms with van der Waals surface area (Å²) in [6.07, 6.45) is 1.49. The van der Waals surface area contributed by atoms with Gasteiger partial charge in [-0.25, -0.2) is 8.42 Å². The predicted molar refractivity (Wildman–Crippen MR) is 66.4 cm³/mol. The largest absolute Gasteiger partial charge is 0.312 e. The Balaban J connectivity index is 3.11. The first-order valence-corrected chi connectivity index (χ1v) is 7.15. The lowest BCUT2D eigenvalue weighted by molar-refractivity contribution is 0.408. The van der Waals surface area contributed by atoms with Crippen molar-refractivity contribution in [2.45, 2.75) is 31.7 Å². The molecule has 17 heavy (non-hydrogen) atoms. The van der Waals surface area contributed by atoms with Crippen molar-refractivity contribution in [3.63, 3.8) is 0 Å². The van der Waals surface area contributed by atoms with Gasteiger partial charge in [-0.1, -0.05) is 19.9 Å². The van der Waals surface area contributed by atoms with Crippen molar-refractivity contribution < 1.29 is 8.42 Å². The summed E-state index contributed by atoms with van der Waals surface area (Å²) in [4.78, 5) is 13.5. The van der Waals surface area contributed by atoms with Crippen LogP contribution in [0.5, 0.6) is 0 Å². The molecule has 0 amide bonds. The van der Waals surface area contributed by atoms with Crippen molar-refractivity contribution in [1.82, 2.24) is 9.29 Å². The highest BCUT2D eigenvalue weighted by atomic mass is 32.2. The molecule has 1 N–H and O–H groups in total. The maximum Gasteiger partial charge on any atom is 0.258 e. The molecule has 1 aromatic rings. The highest BCUT2D eigenvalue weighted by molar-refractivity contribution is 7.89. The molecule has 6 heteroatoms. The van der Waals surface area contributed by atoms with Crippen LogP contribution in [0.25, 0.3) is 0 Å². The van der Waals surface area contributed by atoms with E-state index in [2.05, 4.69) is 4.98 Å². The fourth-order valence-electron chi connectivity index (χ4n) is 1.57. The Morgan fingerprint density at radius 3 is 2.24 bits per heavy atom. The Morgan fingerprint density at radius 2 is 1.76 bits per heavy atom. The molecule has 0 unspecified atom stereocenters. The van der Waals surface area contributed by atoms with Crippen LogP contribution in [-0.4, -0.2) is 30.8 Å². The molecular formula is C11H18N2O3S. The smallest absolute Gasteiger partial charge is 0.258 e. The van der Waals surface area contributed by atoms with E-state index >= 15 is 0 Å². The minimum atomic E-state index is -3.57. The molecule has 1 rings (SSSR count). The van der Waals surface area contributed by atoms with Crippen molar-refractivity contribution in [1.29, 1.82) is 0 Å². The number of H-pyrrole nitrogens is 1. The van der Waals surface area contributed by atoms with Crippen LogP contribution in [0.1, 0.15) is 26.7 Å². The second kappa shape index (κ2) is 5.97. The Labute approximate surface area is 102 Å². The van der Waals surface area contributed by atoms with Gasteiger partial charge in [-0.2, -0.15) is 4.31 Å². The summed E-state index contributed by atoms with van der Waals surface area (Å²) in [7, 11) is -3.57. The Bertz CT molecular complexity index is 501. The predicted octanol–water partition coefficient (Wildman–Crippen LogP) is 1.19.